The van der Waals surface area contributed by atoms with Gasteiger partial charge in [-0.3, -0.25) is 0 Å². The number of aromatic nitrogens is 2. The van der Waals surface area contributed by atoms with Gasteiger partial charge in [-0.1, -0.05) is 170 Å². The van der Waals surface area contributed by atoms with Crippen LogP contribution in [0, 0.1) is 0 Å². The number of benzene rings is 8. The molecule has 2 heteroatoms. The molecule has 8 aromatic carbocycles. The van der Waals surface area contributed by atoms with E-state index in [4.69, 9.17) is 4.98 Å². The third-order valence-electron chi connectivity index (χ3n) is 12.2. The van der Waals surface area contributed by atoms with Crippen LogP contribution in [-0.2, 0) is 5.41 Å². The Balaban J connectivity index is 1.08. The van der Waals surface area contributed by atoms with Crippen molar-refractivity contribution in [2.75, 3.05) is 0 Å². The molecule has 2 aromatic heterocycles. The molecule has 0 saturated carbocycles. The monoisotopic (exact) mass is 710 g/mol. The third kappa shape index (κ3) is 4.30. The quantitative estimate of drug-likeness (QED) is 0.178. The molecule has 0 N–H and O–H groups in total. The minimum Gasteiger partial charge on any atom is -0.309 e. The highest BCUT2D eigenvalue weighted by atomic mass is 15.0. The predicted molar refractivity (Wildman–Crippen MR) is 231 cm³/mol. The summed E-state index contributed by atoms with van der Waals surface area (Å²) in [4.78, 5) is 5.15. The van der Waals surface area contributed by atoms with Crippen molar-refractivity contribution in [2.45, 2.75) is 5.41 Å². The fraction of sp³-hybridized carbons (Fsp3) is 0.0185. The Labute approximate surface area is 325 Å². The Bertz CT molecular complexity index is 3130. The number of hydrogen-bond acceptors (Lipinski definition) is 1. The fourth-order valence-electron chi connectivity index (χ4n) is 9.83. The lowest BCUT2D eigenvalue weighted by Gasteiger charge is -2.39. The van der Waals surface area contributed by atoms with Crippen molar-refractivity contribution in [3.05, 3.63) is 229 Å². The fourth-order valence-corrected chi connectivity index (χ4v) is 9.83. The number of pyridine rings is 1. The van der Waals surface area contributed by atoms with Gasteiger partial charge in [0.05, 0.1) is 33.5 Å². The van der Waals surface area contributed by atoms with Gasteiger partial charge in [0.15, 0.2) is 0 Å². The minimum absolute atomic E-state index is 0.486. The van der Waals surface area contributed by atoms with E-state index in [1.807, 2.05) is 0 Å². The van der Waals surface area contributed by atoms with Crippen LogP contribution in [0.25, 0.3) is 83.4 Å². The molecule has 12 rings (SSSR count). The van der Waals surface area contributed by atoms with Crippen molar-refractivity contribution in [3.63, 3.8) is 0 Å². The van der Waals surface area contributed by atoms with Crippen molar-refractivity contribution < 1.29 is 0 Å². The second-order valence-electron chi connectivity index (χ2n) is 15.1. The summed E-state index contributed by atoms with van der Waals surface area (Å²) in [5.74, 6) is 0. The van der Waals surface area contributed by atoms with Gasteiger partial charge in [-0.25, -0.2) is 4.98 Å². The smallest absolute Gasteiger partial charge is 0.0754 e. The van der Waals surface area contributed by atoms with Gasteiger partial charge < -0.3 is 4.57 Å². The van der Waals surface area contributed by atoms with Crippen LogP contribution in [0.2, 0.25) is 0 Å². The molecule has 0 radical (unpaired) electrons. The van der Waals surface area contributed by atoms with Gasteiger partial charge in [0.1, 0.15) is 0 Å². The van der Waals surface area contributed by atoms with Gasteiger partial charge in [0, 0.05) is 21.9 Å². The van der Waals surface area contributed by atoms with E-state index in [1.54, 1.807) is 0 Å². The zero-order valence-corrected chi connectivity index (χ0v) is 30.5. The zero-order chi connectivity index (χ0) is 36.8. The molecule has 1 aliphatic heterocycles. The molecule has 260 valence electrons. The first-order chi connectivity index (χ1) is 27.8. The van der Waals surface area contributed by atoms with Crippen molar-refractivity contribution in [3.8, 4) is 61.6 Å². The zero-order valence-electron chi connectivity index (χ0n) is 30.5. The third-order valence-corrected chi connectivity index (χ3v) is 12.2. The summed E-state index contributed by atoms with van der Waals surface area (Å²) in [7, 11) is 0. The Hall–Kier alpha value is -7.29. The van der Waals surface area contributed by atoms with Crippen molar-refractivity contribution in [2.24, 2.45) is 0 Å². The van der Waals surface area contributed by atoms with Crippen LogP contribution < -0.4 is 0 Å². The molecule has 0 amide bonds. The first-order valence-electron chi connectivity index (χ1n) is 19.4. The molecule has 2 nitrogen and oxygen atoms in total. The lowest BCUT2D eigenvalue weighted by molar-refractivity contribution is 0.749. The van der Waals surface area contributed by atoms with Gasteiger partial charge in [-0.05, 0) is 92.0 Å². The van der Waals surface area contributed by atoms with Gasteiger partial charge in [-0.15, -0.1) is 0 Å². The molecular weight excluding hydrogens is 677 g/mol. The van der Waals surface area contributed by atoms with Crippen LogP contribution in [0.5, 0.6) is 0 Å². The summed E-state index contributed by atoms with van der Waals surface area (Å²) < 4.78 is 2.51. The number of nitrogens with zero attached hydrogens (tertiary/aromatic N) is 2. The Morgan fingerprint density at radius 2 is 0.893 bits per heavy atom. The number of hydrogen-bond donors (Lipinski definition) is 0. The average molecular weight is 711 g/mol. The molecule has 2 aliphatic rings. The Morgan fingerprint density at radius 1 is 0.339 bits per heavy atom. The highest BCUT2D eigenvalue weighted by molar-refractivity contribution is 6.13. The molecule has 1 unspecified atom stereocenters. The van der Waals surface area contributed by atoms with Gasteiger partial charge in [0.25, 0.3) is 0 Å². The summed E-state index contributed by atoms with van der Waals surface area (Å²) >= 11 is 0. The molecule has 56 heavy (non-hydrogen) atoms. The standard InChI is InChI=1S/C54H34N2/c1-3-15-35(16-4-1)49-33-40(34-50(55-49)36-17-5-2-6-18-36)38-20-13-19-37(31-38)39-29-30-42-41-21-7-9-24-45(41)54(48(42)32-39)46-25-10-12-28-52(46)56-51-27-11-8-22-43(51)44-23-14-26-47(54)53(44)56/h1-34H. The van der Waals surface area contributed by atoms with Crippen molar-refractivity contribution >= 4 is 21.8 Å². The first kappa shape index (κ1) is 31.1. The van der Waals surface area contributed by atoms with E-state index >= 15 is 0 Å². The van der Waals surface area contributed by atoms with Crippen molar-refractivity contribution in [1.82, 2.24) is 9.55 Å². The van der Waals surface area contributed by atoms with Crippen LogP contribution >= 0.6 is 0 Å². The SMILES string of the molecule is c1ccc(-c2cc(-c3cccc(-c4ccc5c(c4)C4(c6ccccc6-5)c5ccccc5-n5c6ccccc6c6cccc4c65)c3)cc(-c3ccccc3)n2)cc1. The van der Waals surface area contributed by atoms with E-state index in [2.05, 4.69) is 211 Å². The second kappa shape index (κ2) is 11.9. The maximum Gasteiger partial charge on any atom is 0.0754 e. The normalized spacial score (nSPS) is 14.9. The summed E-state index contributed by atoms with van der Waals surface area (Å²) in [6.45, 7) is 0. The predicted octanol–water partition coefficient (Wildman–Crippen LogP) is 13.5. The molecule has 0 bridgehead atoms. The maximum absolute atomic E-state index is 5.15. The average Bonchev–Trinajstić information content (AvgIpc) is 3.77. The molecule has 1 aliphatic carbocycles. The topological polar surface area (TPSA) is 17.8 Å². The lowest BCUT2D eigenvalue weighted by atomic mass is 9.65. The Morgan fingerprint density at radius 3 is 1.68 bits per heavy atom. The van der Waals surface area contributed by atoms with E-state index in [0.29, 0.717) is 0 Å². The van der Waals surface area contributed by atoms with Crippen LogP contribution in [0.4, 0.5) is 0 Å². The molecule has 0 saturated heterocycles. The maximum atomic E-state index is 5.15. The van der Waals surface area contributed by atoms with Gasteiger partial charge >= 0.3 is 0 Å². The molecule has 1 spiro atoms. The highest BCUT2D eigenvalue weighted by Gasteiger charge is 2.50. The van der Waals surface area contributed by atoms with Gasteiger partial charge in [0.2, 0.25) is 0 Å². The molecule has 0 fully saturated rings. The molecule has 3 heterocycles. The number of fused-ring (bicyclic) bond motifs is 12. The van der Waals surface area contributed by atoms with E-state index in [1.165, 1.54) is 72.0 Å². The summed E-state index contributed by atoms with van der Waals surface area (Å²) in [5.41, 5.74) is 20.1. The van der Waals surface area contributed by atoms with Crippen LogP contribution in [0.1, 0.15) is 22.3 Å². The Kier molecular flexibility index (Phi) is 6.58. The highest BCUT2D eigenvalue weighted by Crippen LogP contribution is 2.61. The van der Waals surface area contributed by atoms with Crippen LogP contribution in [0.3, 0.4) is 0 Å². The molecule has 10 aromatic rings. The second-order valence-corrected chi connectivity index (χ2v) is 15.1. The van der Waals surface area contributed by atoms with E-state index in [0.717, 1.165) is 33.6 Å². The van der Waals surface area contributed by atoms with Crippen LogP contribution in [0.15, 0.2) is 206 Å². The van der Waals surface area contributed by atoms with Gasteiger partial charge in [-0.2, -0.15) is 0 Å². The number of rotatable bonds is 4. The molecule has 1 atom stereocenters. The van der Waals surface area contributed by atoms with E-state index < -0.39 is 5.41 Å². The summed E-state index contributed by atoms with van der Waals surface area (Å²) in [6.07, 6.45) is 0. The van der Waals surface area contributed by atoms with Crippen molar-refractivity contribution in [1.29, 1.82) is 0 Å². The van der Waals surface area contributed by atoms with Crippen LogP contribution in [-0.4, -0.2) is 9.55 Å². The summed E-state index contributed by atoms with van der Waals surface area (Å²) in [6, 6.07) is 75.6. The first-order valence-corrected chi connectivity index (χ1v) is 19.4. The van der Waals surface area contributed by atoms with E-state index in [9.17, 15) is 0 Å². The number of para-hydroxylation sites is 3. The van der Waals surface area contributed by atoms with E-state index in [-0.39, 0.29) is 0 Å². The minimum atomic E-state index is -0.486. The lowest BCUT2D eigenvalue weighted by Crippen LogP contribution is -2.33. The summed E-state index contributed by atoms with van der Waals surface area (Å²) in [5, 5.41) is 2.58. The molecular formula is C54H34N2. The largest absolute Gasteiger partial charge is 0.309 e.